The standard InChI is InChI=1S/C14H19N3O2/c1-3-7-16-13(18)11-14(19)17(2)10-6-12-4-8-15-9-5-12/h3-5,8-9H,1,6-7,10-11H2,2H3,(H,16,18). The molecule has 2 amide bonds. The van der Waals surface area contributed by atoms with E-state index in [9.17, 15) is 9.59 Å². The number of nitrogens with one attached hydrogen (secondary N) is 1. The van der Waals surface area contributed by atoms with E-state index in [0.717, 1.165) is 12.0 Å². The van der Waals surface area contributed by atoms with E-state index >= 15 is 0 Å². The van der Waals surface area contributed by atoms with Crippen molar-refractivity contribution in [1.82, 2.24) is 15.2 Å². The zero-order valence-electron chi connectivity index (χ0n) is 11.1. The number of aromatic nitrogens is 1. The number of rotatable bonds is 7. The van der Waals surface area contributed by atoms with Gasteiger partial charge in [0.05, 0.1) is 0 Å². The van der Waals surface area contributed by atoms with E-state index in [1.54, 1.807) is 30.4 Å². The molecule has 5 heteroatoms. The second kappa shape index (κ2) is 8.02. The maximum Gasteiger partial charge on any atom is 0.231 e. The summed E-state index contributed by atoms with van der Waals surface area (Å²) in [4.78, 5) is 28.6. The van der Waals surface area contributed by atoms with Crippen LogP contribution in [0.4, 0.5) is 0 Å². The molecule has 102 valence electrons. The van der Waals surface area contributed by atoms with Gasteiger partial charge >= 0.3 is 0 Å². The lowest BCUT2D eigenvalue weighted by atomic mass is 10.2. The molecule has 0 aromatic carbocycles. The molecule has 1 rings (SSSR count). The van der Waals surface area contributed by atoms with Crippen molar-refractivity contribution in [3.05, 3.63) is 42.7 Å². The van der Waals surface area contributed by atoms with E-state index in [1.165, 1.54) is 0 Å². The molecule has 0 radical (unpaired) electrons. The number of carbonyl (C=O) groups is 2. The van der Waals surface area contributed by atoms with Gasteiger partial charge in [-0.15, -0.1) is 6.58 Å². The molecular formula is C14H19N3O2. The van der Waals surface area contributed by atoms with Gasteiger partial charge in [-0.1, -0.05) is 6.08 Å². The molecule has 5 nitrogen and oxygen atoms in total. The Labute approximate surface area is 113 Å². The minimum Gasteiger partial charge on any atom is -0.352 e. The maximum atomic E-state index is 11.8. The summed E-state index contributed by atoms with van der Waals surface area (Å²) in [6.07, 6.45) is 5.65. The van der Waals surface area contributed by atoms with Crippen LogP contribution in [0, 0.1) is 0 Å². The van der Waals surface area contributed by atoms with Gasteiger partial charge in [0.15, 0.2) is 0 Å². The largest absolute Gasteiger partial charge is 0.352 e. The maximum absolute atomic E-state index is 11.8. The van der Waals surface area contributed by atoms with Crippen LogP contribution < -0.4 is 5.32 Å². The Balaban J connectivity index is 2.32. The third-order valence-corrected chi connectivity index (χ3v) is 2.67. The van der Waals surface area contributed by atoms with Gasteiger partial charge in [-0.25, -0.2) is 0 Å². The zero-order valence-corrected chi connectivity index (χ0v) is 11.1. The van der Waals surface area contributed by atoms with Crippen LogP contribution in [0.3, 0.4) is 0 Å². The summed E-state index contributed by atoms with van der Waals surface area (Å²) in [5.41, 5.74) is 1.12. The Bertz CT molecular complexity index is 432. The molecule has 0 spiro atoms. The highest BCUT2D eigenvalue weighted by Crippen LogP contribution is 2.00. The van der Waals surface area contributed by atoms with Crippen LogP contribution in [0.2, 0.25) is 0 Å². The molecule has 1 aromatic rings. The van der Waals surface area contributed by atoms with Gasteiger partial charge in [0.25, 0.3) is 0 Å². The van der Waals surface area contributed by atoms with E-state index in [4.69, 9.17) is 0 Å². The average Bonchev–Trinajstić information content (AvgIpc) is 2.43. The van der Waals surface area contributed by atoms with Gasteiger partial charge in [0, 0.05) is 32.5 Å². The highest BCUT2D eigenvalue weighted by Gasteiger charge is 2.13. The Kier molecular flexibility index (Phi) is 6.29. The summed E-state index contributed by atoms with van der Waals surface area (Å²) in [6, 6.07) is 3.82. The van der Waals surface area contributed by atoms with Crippen molar-refractivity contribution in [2.75, 3.05) is 20.1 Å². The van der Waals surface area contributed by atoms with Crippen molar-refractivity contribution in [3.8, 4) is 0 Å². The van der Waals surface area contributed by atoms with Crippen LogP contribution in [0.25, 0.3) is 0 Å². The van der Waals surface area contributed by atoms with E-state index in [0.29, 0.717) is 13.1 Å². The third kappa shape index (κ3) is 5.81. The normalized spacial score (nSPS) is 9.74. The Morgan fingerprint density at radius 3 is 2.74 bits per heavy atom. The number of carbonyl (C=O) groups excluding carboxylic acids is 2. The van der Waals surface area contributed by atoms with E-state index in [-0.39, 0.29) is 18.2 Å². The first-order valence-corrected chi connectivity index (χ1v) is 6.14. The molecule has 1 N–H and O–H groups in total. The van der Waals surface area contributed by atoms with Gasteiger partial charge in [-0.05, 0) is 24.1 Å². The molecular weight excluding hydrogens is 242 g/mol. The molecule has 1 aromatic heterocycles. The molecule has 0 saturated carbocycles. The number of likely N-dealkylation sites (N-methyl/N-ethyl adjacent to an activating group) is 1. The van der Waals surface area contributed by atoms with Gasteiger partial charge in [0.2, 0.25) is 11.8 Å². The molecule has 0 bridgehead atoms. The van der Waals surface area contributed by atoms with Crippen LogP contribution in [-0.2, 0) is 16.0 Å². The Morgan fingerprint density at radius 2 is 2.11 bits per heavy atom. The van der Waals surface area contributed by atoms with Gasteiger partial charge in [0.1, 0.15) is 6.42 Å². The molecule has 0 fully saturated rings. The molecule has 0 saturated heterocycles. The lowest BCUT2D eigenvalue weighted by Gasteiger charge is -2.16. The first-order chi connectivity index (χ1) is 9.13. The SMILES string of the molecule is C=CCNC(=O)CC(=O)N(C)CCc1ccncc1. The minimum absolute atomic E-state index is 0.124. The predicted octanol–water partition coefficient (Wildman–Crippen LogP) is 0.775. The first kappa shape index (κ1) is 14.9. The lowest BCUT2D eigenvalue weighted by Crippen LogP contribution is -2.34. The molecule has 0 unspecified atom stereocenters. The molecule has 0 aliphatic carbocycles. The van der Waals surface area contributed by atoms with E-state index < -0.39 is 0 Å². The smallest absolute Gasteiger partial charge is 0.231 e. The van der Waals surface area contributed by atoms with Gasteiger partial charge in [-0.2, -0.15) is 0 Å². The zero-order chi connectivity index (χ0) is 14.1. The second-order valence-corrected chi connectivity index (χ2v) is 4.19. The third-order valence-electron chi connectivity index (χ3n) is 2.67. The Morgan fingerprint density at radius 1 is 1.42 bits per heavy atom. The second-order valence-electron chi connectivity index (χ2n) is 4.19. The number of hydrogen-bond donors (Lipinski definition) is 1. The summed E-state index contributed by atoms with van der Waals surface area (Å²) >= 11 is 0. The van der Waals surface area contributed by atoms with Crippen LogP contribution >= 0.6 is 0 Å². The fraction of sp³-hybridized carbons (Fsp3) is 0.357. The fourth-order valence-electron chi connectivity index (χ4n) is 1.49. The van der Waals surface area contributed by atoms with Crippen molar-refractivity contribution in [3.63, 3.8) is 0 Å². The van der Waals surface area contributed by atoms with Gasteiger partial charge in [-0.3, -0.25) is 14.6 Å². The lowest BCUT2D eigenvalue weighted by molar-refractivity contribution is -0.135. The van der Waals surface area contributed by atoms with Crippen molar-refractivity contribution >= 4 is 11.8 Å². The first-order valence-electron chi connectivity index (χ1n) is 6.14. The predicted molar refractivity (Wildman–Crippen MR) is 73.4 cm³/mol. The van der Waals surface area contributed by atoms with Crippen LogP contribution in [0.1, 0.15) is 12.0 Å². The molecule has 0 atom stereocenters. The highest BCUT2D eigenvalue weighted by atomic mass is 16.2. The minimum atomic E-state index is -0.277. The van der Waals surface area contributed by atoms with Gasteiger partial charge < -0.3 is 10.2 Å². The summed E-state index contributed by atoms with van der Waals surface area (Å²) in [7, 11) is 1.70. The number of hydrogen-bond acceptors (Lipinski definition) is 3. The summed E-state index contributed by atoms with van der Waals surface area (Å²) in [6.45, 7) is 4.46. The molecule has 0 aliphatic rings. The van der Waals surface area contributed by atoms with E-state index in [2.05, 4.69) is 16.9 Å². The quantitative estimate of drug-likeness (QED) is 0.582. The highest BCUT2D eigenvalue weighted by molar-refractivity contribution is 5.96. The topological polar surface area (TPSA) is 62.3 Å². The summed E-state index contributed by atoms with van der Waals surface area (Å²) in [5, 5.41) is 2.58. The van der Waals surface area contributed by atoms with Crippen molar-refractivity contribution < 1.29 is 9.59 Å². The van der Waals surface area contributed by atoms with Crippen molar-refractivity contribution in [2.24, 2.45) is 0 Å². The molecule has 0 aliphatic heterocycles. The van der Waals surface area contributed by atoms with E-state index in [1.807, 2.05) is 12.1 Å². The molecule has 1 heterocycles. The number of pyridine rings is 1. The summed E-state index contributed by atoms with van der Waals surface area (Å²) in [5.74, 6) is -0.462. The van der Waals surface area contributed by atoms with Crippen molar-refractivity contribution in [2.45, 2.75) is 12.8 Å². The molecule has 19 heavy (non-hydrogen) atoms. The number of amides is 2. The summed E-state index contributed by atoms with van der Waals surface area (Å²) < 4.78 is 0. The van der Waals surface area contributed by atoms with Crippen molar-refractivity contribution in [1.29, 1.82) is 0 Å². The average molecular weight is 261 g/mol. The van der Waals surface area contributed by atoms with Crippen LogP contribution in [0.5, 0.6) is 0 Å². The fourth-order valence-corrected chi connectivity index (χ4v) is 1.49. The number of nitrogens with zero attached hydrogens (tertiary/aromatic N) is 2. The monoisotopic (exact) mass is 261 g/mol. The van der Waals surface area contributed by atoms with Crippen LogP contribution in [0.15, 0.2) is 37.2 Å². The Hall–Kier alpha value is -2.17. The van der Waals surface area contributed by atoms with Crippen LogP contribution in [-0.4, -0.2) is 41.8 Å².